The lowest BCUT2D eigenvalue weighted by Crippen LogP contribution is -2.45. The summed E-state index contributed by atoms with van der Waals surface area (Å²) in [6, 6.07) is -0.864. The van der Waals surface area contributed by atoms with E-state index in [-0.39, 0.29) is 19.1 Å². The molecule has 0 saturated heterocycles. The number of aliphatic hydroxyl groups is 1. The van der Waals surface area contributed by atoms with Crippen LogP contribution in [0.4, 0.5) is 0 Å². The van der Waals surface area contributed by atoms with Gasteiger partial charge in [0, 0.05) is 6.42 Å². The Balaban J connectivity index is 4.02. The first-order valence-electron chi connectivity index (χ1n) is 35.9. The van der Waals surface area contributed by atoms with Crippen molar-refractivity contribution in [2.24, 2.45) is 0 Å². The molecule has 0 aromatic rings. The van der Waals surface area contributed by atoms with Crippen LogP contribution >= 0.6 is 7.82 Å². The van der Waals surface area contributed by atoms with E-state index in [2.05, 4.69) is 43.5 Å². The first-order valence-corrected chi connectivity index (χ1v) is 37.4. The zero-order valence-electron chi connectivity index (χ0n) is 55.1. The first-order chi connectivity index (χ1) is 39.5. The zero-order chi connectivity index (χ0) is 59.1. The van der Waals surface area contributed by atoms with E-state index in [9.17, 15) is 19.4 Å². The maximum atomic E-state index is 13.0. The smallest absolute Gasteiger partial charge is 0.387 e. The standard InChI is InChI=1S/C72H141N2O6P/c1-6-8-10-12-14-16-18-20-22-24-26-28-30-32-33-34-35-36-37-38-39-40-41-42-44-46-48-50-52-54-56-58-60-62-64-66-72(76)73-70(69-80-81(77,78)79-68-67-74(3,4)5)71(75)65-63-61-59-57-55-53-51-49-47-45-43-31-29-27-25-23-21-19-17-15-13-11-9-7-2/h34-35,55,57,63,65,70-71,75H,6-33,36-54,56,58-62,64,66-69H2,1-5H3,(H-,73,76,77,78)/p+1/b35-34-,57-55+,65-63+. The number of rotatable bonds is 67. The summed E-state index contributed by atoms with van der Waals surface area (Å²) in [4.78, 5) is 23.4. The summed E-state index contributed by atoms with van der Waals surface area (Å²) < 4.78 is 23.8. The van der Waals surface area contributed by atoms with Crippen LogP contribution < -0.4 is 5.32 Å². The number of quaternary nitrogens is 1. The average Bonchev–Trinajstić information content (AvgIpc) is 3.43. The number of hydrogen-bond acceptors (Lipinski definition) is 5. The van der Waals surface area contributed by atoms with E-state index >= 15 is 0 Å². The molecule has 0 spiro atoms. The number of carbonyl (C=O) groups is 1. The second-order valence-electron chi connectivity index (χ2n) is 26.0. The number of unbranched alkanes of at least 4 members (excludes halogenated alkanes) is 50. The molecule has 0 aromatic carbocycles. The van der Waals surface area contributed by atoms with Crippen LogP contribution in [0.1, 0.15) is 367 Å². The Morgan fingerprint density at radius 3 is 0.988 bits per heavy atom. The largest absolute Gasteiger partial charge is 0.472 e. The van der Waals surface area contributed by atoms with Crippen molar-refractivity contribution in [2.75, 3.05) is 40.9 Å². The third-order valence-electron chi connectivity index (χ3n) is 16.6. The Morgan fingerprint density at radius 1 is 0.407 bits per heavy atom. The predicted octanol–water partition coefficient (Wildman–Crippen LogP) is 22.8. The molecule has 3 unspecified atom stereocenters. The molecule has 8 nitrogen and oxygen atoms in total. The molecule has 0 heterocycles. The second kappa shape index (κ2) is 63.2. The summed E-state index contributed by atoms with van der Waals surface area (Å²) in [5, 5.41) is 14.0. The zero-order valence-corrected chi connectivity index (χ0v) is 55.9. The molecule has 0 bridgehead atoms. The average molecular weight is 1160 g/mol. The van der Waals surface area contributed by atoms with Crippen molar-refractivity contribution in [2.45, 2.75) is 379 Å². The van der Waals surface area contributed by atoms with Gasteiger partial charge in [0.1, 0.15) is 13.2 Å². The second-order valence-corrected chi connectivity index (χ2v) is 27.4. The topological polar surface area (TPSA) is 105 Å². The highest BCUT2D eigenvalue weighted by molar-refractivity contribution is 7.47. The molecule has 0 fully saturated rings. The van der Waals surface area contributed by atoms with E-state index in [1.165, 1.54) is 308 Å². The minimum absolute atomic E-state index is 0.0579. The number of aliphatic hydroxyl groups excluding tert-OH is 1. The van der Waals surface area contributed by atoms with Crippen LogP contribution in [0.5, 0.6) is 0 Å². The number of phosphoric ester groups is 1. The van der Waals surface area contributed by atoms with Crippen molar-refractivity contribution < 1.29 is 32.9 Å². The predicted molar refractivity (Wildman–Crippen MR) is 355 cm³/mol. The molecule has 0 aliphatic carbocycles. The van der Waals surface area contributed by atoms with Crippen LogP contribution in [0.3, 0.4) is 0 Å². The van der Waals surface area contributed by atoms with Crippen molar-refractivity contribution in [3.05, 3.63) is 36.5 Å². The fourth-order valence-electron chi connectivity index (χ4n) is 11.0. The van der Waals surface area contributed by atoms with E-state index in [0.717, 1.165) is 38.5 Å². The highest BCUT2D eigenvalue weighted by atomic mass is 31.2. The number of likely N-dealkylation sites (N-methyl/N-ethyl adjacent to an activating group) is 1. The molecular formula is C72H142N2O6P+. The number of hydrogen-bond donors (Lipinski definition) is 3. The number of phosphoric acid groups is 1. The summed E-state index contributed by atoms with van der Waals surface area (Å²) >= 11 is 0. The summed E-state index contributed by atoms with van der Waals surface area (Å²) in [6.45, 7) is 4.86. The third-order valence-corrected chi connectivity index (χ3v) is 17.6. The molecule has 3 atom stereocenters. The van der Waals surface area contributed by atoms with Crippen LogP contribution in [0.15, 0.2) is 36.5 Å². The Hall–Kier alpha value is -1.28. The van der Waals surface area contributed by atoms with Gasteiger partial charge in [0.2, 0.25) is 5.91 Å². The van der Waals surface area contributed by atoms with Gasteiger partial charge < -0.3 is 19.8 Å². The molecule has 9 heteroatoms. The Bertz CT molecular complexity index is 1410. The molecule has 0 aliphatic rings. The summed E-state index contributed by atoms with van der Waals surface area (Å²) in [7, 11) is 1.57. The van der Waals surface area contributed by atoms with Gasteiger partial charge in [0.15, 0.2) is 0 Å². The molecule has 0 aliphatic heterocycles. The highest BCUT2D eigenvalue weighted by Crippen LogP contribution is 2.43. The first kappa shape index (κ1) is 79.7. The monoisotopic (exact) mass is 1160 g/mol. The number of allylic oxidation sites excluding steroid dienone is 5. The Labute approximate surface area is 506 Å². The van der Waals surface area contributed by atoms with Crippen molar-refractivity contribution in [1.29, 1.82) is 0 Å². The molecule has 3 N–H and O–H groups in total. The van der Waals surface area contributed by atoms with Gasteiger partial charge in [-0.25, -0.2) is 4.57 Å². The van der Waals surface area contributed by atoms with Gasteiger partial charge >= 0.3 is 7.82 Å². The van der Waals surface area contributed by atoms with Crippen molar-refractivity contribution in [1.82, 2.24) is 5.32 Å². The highest BCUT2D eigenvalue weighted by Gasteiger charge is 2.28. The SMILES string of the molecule is CCCCCCCCCCCCCCCC/C=C\CCCCCCCCCCCCCCCCCCCC(=O)NC(COP(=O)(O)OCC[N+](C)(C)C)C(O)/C=C/CC/C=C/CCCCCCCCCCCCCCCCCCCC. The number of amides is 1. The maximum absolute atomic E-state index is 13.0. The van der Waals surface area contributed by atoms with Crippen LogP contribution in [-0.2, 0) is 18.4 Å². The minimum atomic E-state index is -4.36. The van der Waals surface area contributed by atoms with E-state index in [0.29, 0.717) is 17.4 Å². The maximum Gasteiger partial charge on any atom is 0.472 e. The van der Waals surface area contributed by atoms with E-state index in [1.54, 1.807) is 6.08 Å². The Kier molecular flexibility index (Phi) is 62.2. The fraction of sp³-hybridized carbons (Fsp3) is 0.903. The molecule has 0 aromatic heterocycles. The number of nitrogens with zero attached hydrogens (tertiary/aromatic N) is 1. The molecule has 0 rings (SSSR count). The van der Waals surface area contributed by atoms with Crippen LogP contribution in [0.25, 0.3) is 0 Å². The van der Waals surface area contributed by atoms with Gasteiger partial charge in [-0.05, 0) is 57.8 Å². The van der Waals surface area contributed by atoms with E-state index in [4.69, 9.17) is 9.05 Å². The molecule has 1 amide bonds. The molecular weight excluding hydrogens is 1020 g/mol. The van der Waals surface area contributed by atoms with Crippen LogP contribution in [-0.4, -0.2) is 73.4 Å². The molecule has 0 saturated carbocycles. The normalized spacial score (nSPS) is 13.8. The number of nitrogens with one attached hydrogen (secondary N) is 1. The summed E-state index contributed by atoms with van der Waals surface area (Å²) in [5.74, 6) is -0.180. The van der Waals surface area contributed by atoms with E-state index in [1.807, 2.05) is 27.2 Å². The van der Waals surface area contributed by atoms with Crippen LogP contribution in [0.2, 0.25) is 0 Å². The molecule has 0 radical (unpaired) electrons. The van der Waals surface area contributed by atoms with Crippen molar-refractivity contribution >= 4 is 13.7 Å². The third kappa shape index (κ3) is 66.1. The van der Waals surface area contributed by atoms with Crippen molar-refractivity contribution in [3.63, 3.8) is 0 Å². The quantitative estimate of drug-likeness (QED) is 0.0243. The molecule has 480 valence electrons. The minimum Gasteiger partial charge on any atom is -0.387 e. The summed E-state index contributed by atoms with van der Waals surface area (Å²) in [6.07, 6.45) is 84.6. The van der Waals surface area contributed by atoms with Gasteiger partial charge in [-0.1, -0.05) is 339 Å². The lowest BCUT2D eigenvalue weighted by molar-refractivity contribution is -0.870. The van der Waals surface area contributed by atoms with Gasteiger partial charge in [0.05, 0.1) is 39.9 Å². The lowest BCUT2D eigenvalue weighted by atomic mass is 10.0. The fourth-order valence-corrected chi connectivity index (χ4v) is 11.7. The van der Waals surface area contributed by atoms with Gasteiger partial charge in [-0.15, -0.1) is 0 Å². The van der Waals surface area contributed by atoms with Crippen LogP contribution in [0, 0.1) is 0 Å². The summed E-state index contributed by atoms with van der Waals surface area (Å²) in [5.41, 5.74) is 0. The lowest BCUT2D eigenvalue weighted by Gasteiger charge is -2.25. The molecule has 81 heavy (non-hydrogen) atoms. The van der Waals surface area contributed by atoms with Gasteiger partial charge in [0.25, 0.3) is 0 Å². The Morgan fingerprint density at radius 2 is 0.679 bits per heavy atom. The van der Waals surface area contributed by atoms with Gasteiger partial charge in [-0.2, -0.15) is 0 Å². The van der Waals surface area contributed by atoms with Gasteiger partial charge in [-0.3, -0.25) is 13.8 Å². The van der Waals surface area contributed by atoms with E-state index < -0.39 is 20.0 Å². The van der Waals surface area contributed by atoms with Crippen molar-refractivity contribution in [3.8, 4) is 0 Å². The number of carbonyl (C=O) groups excluding carboxylic acids is 1.